The standard InChI is InChI=1S/C18H19FN2O/c19-15-6-3-5-14(12-15)18(17(22)8-10-20)21-11-9-13-4-1-2-7-16(13)21/h1-7,9,11-12,17-18,22H,8,10,20H2/t17-,18+/m1/s1. The lowest BCUT2D eigenvalue weighted by atomic mass is 9.98. The number of nitrogens with two attached hydrogens (primary N) is 1. The Hall–Kier alpha value is -2.17. The lowest BCUT2D eigenvalue weighted by molar-refractivity contribution is 0.125. The molecule has 0 radical (unpaired) electrons. The van der Waals surface area contributed by atoms with Gasteiger partial charge in [-0.15, -0.1) is 0 Å². The summed E-state index contributed by atoms with van der Waals surface area (Å²) in [5, 5.41) is 11.6. The maximum Gasteiger partial charge on any atom is 0.123 e. The molecule has 1 aromatic heterocycles. The van der Waals surface area contributed by atoms with Gasteiger partial charge in [-0.05, 0) is 48.2 Å². The molecule has 1 heterocycles. The highest BCUT2D eigenvalue weighted by molar-refractivity contribution is 5.80. The summed E-state index contributed by atoms with van der Waals surface area (Å²) in [6, 6.07) is 16.0. The number of aliphatic hydroxyl groups is 1. The summed E-state index contributed by atoms with van der Waals surface area (Å²) in [6.45, 7) is 0.381. The number of aromatic nitrogens is 1. The Kier molecular flexibility index (Phi) is 4.22. The molecule has 0 saturated heterocycles. The van der Waals surface area contributed by atoms with Gasteiger partial charge < -0.3 is 15.4 Å². The summed E-state index contributed by atoms with van der Waals surface area (Å²) in [6.07, 6.45) is 1.70. The highest BCUT2D eigenvalue weighted by atomic mass is 19.1. The Bertz CT molecular complexity index is 768. The molecule has 3 aromatic rings. The number of aliphatic hydroxyl groups excluding tert-OH is 1. The number of hydrogen-bond donors (Lipinski definition) is 2. The van der Waals surface area contributed by atoms with Gasteiger partial charge in [0.1, 0.15) is 5.82 Å². The lowest BCUT2D eigenvalue weighted by Crippen LogP contribution is -2.27. The largest absolute Gasteiger partial charge is 0.391 e. The van der Waals surface area contributed by atoms with Crippen molar-refractivity contribution >= 4 is 10.9 Å². The maximum absolute atomic E-state index is 13.6. The van der Waals surface area contributed by atoms with Crippen LogP contribution < -0.4 is 5.73 Å². The molecule has 3 rings (SSSR count). The number of halogens is 1. The van der Waals surface area contributed by atoms with Gasteiger partial charge in [0.25, 0.3) is 0 Å². The Morgan fingerprint density at radius 3 is 2.68 bits per heavy atom. The first-order valence-corrected chi connectivity index (χ1v) is 7.40. The molecule has 0 unspecified atom stereocenters. The number of benzene rings is 2. The van der Waals surface area contributed by atoms with Crippen LogP contribution in [-0.4, -0.2) is 22.3 Å². The van der Waals surface area contributed by atoms with Gasteiger partial charge >= 0.3 is 0 Å². The third kappa shape index (κ3) is 2.75. The molecule has 4 heteroatoms. The van der Waals surface area contributed by atoms with Crippen LogP contribution in [0.25, 0.3) is 10.9 Å². The first-order chi connectivity index (χ1) is 10.7. The van der Waals surface area contributed by atoms with Crippen molar-refractivity contribution in [3.05, 3.63) is 72.2 Å². The molecule has 0 amide bonds. The van der Waals surface area contributed by atoms with Crippen molar-refractivity contribution in [2.24, 2.45) is 5.73 Å². The number of fused-ring (bicyclic) bond motifs is 1. The van der Waals surface area contributed by atoms with E-state index in [0.717, 1.165) is 16.5 Å². The lowest BCUT2D eigenvalue weighted by Gasteiger charge is -2.26. The molecular weight excluding hydrogens is 279 g/mol. The summed E-state index contributed by atoms with van der Waals surface area (Å²) in [5.74, 6) is -0.307. The molecule has 0 aliphatic rings. The predicted octanol–water partition coefficient (Wildman–Crippen LogP) is 3.08. The summed E-state index contributed by atoms with van der Waals surface area (Å²) < 4.78 is 15.6. The van der Waals surface area contributed by atoms with Gasteiger partial charge in [0.05, 0.1) is 12.1 Å². The van der Waals surface area contributed by atoms with Crippen LogP contribution in [0, 0.1) is 5.82 Å². The Morgan fingerprint density at radius 1 is 1.09 bits per heavy atom. The zero-order valence-electron chi connectivity index (χ0n) is 12.2. The first-order valence-electron chi connectivity index (χ1n) is 7.40. The topological polar surface area (TPSA) is 51.2 Å². The number of hydrogen-bond acceptors (Lipinski definition) is 2. The minimum Gasteiger partial charge on any atom is -0.391 e. The average Bonchev–Trinajstić information content (AvgIpc) is 2.92. The van der Waals surface area contributed by atoms with E-state index in [1.54, 1.807) is 6.07 Å². The number of rotatable bonds is 5. The Labute approximate surface area is 128 Å². The molecule has 2 aromatic carbocycles. The fourth-order valence-electron chi connectivity index (χ4n) is 2.93. The van der Waals surface area contributed by atoms with Crippen LogP contribution in [0.15, 0.2) is 60.8 Å². The summed E-state index contributed by atoms with van der Waals surface area (Å²) in [5.41, 5.74) is 7.34. The molecule has 0 aliphatic carbocycles. The fraction of sp³-hybridized carbons (Fsp3) is 0.222. The van der Waals surface area contributed by atoms with Gasteiger partial charge in [0, 0.05) is 11.7 Å². The van der Waals surface area contributed by atoms with Crippen LogP contribution in [0.4, 0.5) is 4.39 Å². The smallest absolute Gasteiger partial charge is 0.123 e. The molecule has 0 fully saturated rings. The van der Waals surface area contributed by atoms with E-state index < -0.39 is 6.10 Å². The second-order valence-electron chi connectivity index (χ2n) is 5.43. The Morgan fingerprint density at radius 2 is 1.91 bits per heavy atom. The van der Waals surface area contributed by atoms with Gasteiger partial charge in [-0.2, -0.15) is 0 Å². The van der Waals surface area contributed by atoms with E-state index in [0.29, 0.717) is 13.0 Å². The molecule has 0 aliphatic heterocycles. The van der Waals surface area contributed by atoms with E-state index in [9.17, 15) is 9.50 Å². The average molecular weight is 298 g/mol. The van der Waals surface area contributed by atoms with Crippen molar-refractivity contribution in [2.45, 2.75) is 18.6 Å². The highest BCUT2D eigenvalue weighted by Gasteiger charge is 2.23. The van der Waals surface area contributed by atoms with E-state index in [1.165, 1.54) is 12.1 Å². The van der Waals surface area contributed by atoms with Gasteiger partial charge in [-0.3, -0.25) is 0 Å². The van der Waals surface area contributed by atoms with Crippen LogP contribution in [0.5, 0.6) is 0 Å². The molecule has 2 atom stereocenters. The van der Waals surface area contributed by atoms with Crippen LogP contribution in [-0.2, 0) is 0 Å². The van der Waals surface area contributed by atoms with Gasteiger partial charge in [-0.1, -0.05) is 30.3 Å². The summed E-state index contributed by atoms with van der Waals surface area (Å²) in [4.78, 5) is 0. The second-order valence-corrected chi connectivity index (χ2v) is 5.43. The monoisotopic (exact) mass is 298 g/mol. The molecule has 3 nitrogen and oxygen atoms in total. The maximum atomic E-state index is 13.6. The third-order valence-electron chi connectivity index (χ3n) is 3.95. The van der Waals surface area contributed by atoms with Crippen LogP contribution >= 0.6 is 0 Å². The molecule has 3 N–H and O–H groups in total. The van der Waals surface area contributed by atoms with Crippen molar-refractivity contribution in [3.63, 3.8) is 0 Å². The van der Waals surface area contributed by atoms with E-state index >= 15 is 0 Å². The van der Waals surface area contributed by atoms with Gasteiger partial charge in [0.2, 0.25) is 0 Å². The van der Waals surface area contributed by atoms with Gasteiger partial charge in [0.15, 0.2) is 0 Å². The zero-order valence-corrected chi connectivity index (χ0v) is 12.2. The summed E-state index contributed by atoms with van der Waals surface area (Å²) >= 11 is 0. The third-order valence-corrected chi connectivity index (χ3v) is 3.95. The molecule has 22 heavy (non-hydrogen) atoms. The van der Waals surface area contributed by atoms with Crippen LogP contribution in [0.2, 0.25) is 0 Å². The van der Waals surface area contributed by atoms with E-state index in [4.69, 9.17) is 5.73 Å². The highest BCUT2D eigenvalue weighted by Crippen LogP contribution is 2.29. The van der Waals surface area contributed by atoms with E-state index in [-0.39, 0.29) is 11.9 Å². The van der Waals surface area contributed by atoms with Crippen molar-refractivity contribution in [1.29, 1.82) is 0 Å². The molecule has 0 bridgehead atoms. The van der Waals surface area contributed by atoms with Crippen LogP contribution in [0.1, 0.15) is 18.0 Å². The minimum atomic E-state index is -0.678. The van der Waals surface area contributed by atoms with Crippen molar-refractivity contribution in [2.75, 3.05) is 6.54 Å². The fourth-order valence-corrected chi connectivity index (χ4v) is 2.93. The first kappa shape index (κ1) is 14.8. The molecule has 0 spiro atoms. The quantitative estimate of drug-likeness (QED) is 0.760. The van der Waals surface area contributed by atoms with Crippen molar-refractivity contribution in [3.8, 4) is 0 Å². The van der Waals surface area contributed by atoms with E-state index in [1.807, 2.05) is 47.2 Å². The second kappa shape index (κ2) is 6.30. The normalized spacial score (nSPS) is 14.1. The Balaban J connectivity index is 2.13. The summed E-state index contributed by atoms with van der Waals surface area (Å²) in [7, 11) is 0. The van der Waals surface area contributed by atoms with E-state index in [2.05, 4.69) is 0 Å². The zero-order chi connectivity index (χ0) is 15.5. The number of para-hydroxylation sites is 1. The molecule has 0 saturated carbocycles. The van der Waals surface area contributed by atoms with Crippen LogP contribution in [0.3, 0.4) is 0 Å². The predicted molar refractivity (Wildman–Crippen MR) is 86.2 cm³/mol. The van der Waals surface area contributed by atoms with Crippen molar-refractivity contribution < 1.29 is 9.50 Å². The number of nitrogens with zero attached hydrogens (tertiary/aromatic N) is 1. The van der Waals surface area contributed by atoms with Crippen molar-refractivity contribution in [1.82, 2.24) is 4.57 Å². The van der Waals surface area contributed by atoms with Gasteiger partial charge in [-0.25, -0.2) is 4.39 Å². The minimum absolute atomic E-state index is 0.307. The molecular formula is C18H19FN2O. The molecule has 114 valence electrons. The SMILES string of the molecule is NCC[C@@H](O)[C@H](c1cccc(F)c1)n1ccc2ccccc21.